The number of carbonyl (C=O) groups excluding carboxylic acids is 1. The summed E-state index contributed by atoms with van der Waals surface area (Å²) in [6.07, 6.45) is -4.11. The van der Waals surface area contributed by atoms with Crippen LogP contribution in [0.1, 0.15) is 16.7 Å². The fourth-order valence-corrected chi connectivity index (χ4v) is 3.83. The van der Waals surface area contributed by atoms with Crippen LogP contribution in [0.2, 0.25) is 0 Å². The molecule has 3 nitrogen and oxygen atoms in total. The maximum atomic E-state index is 13.3. The minimum absolute atomic E-state index is 0.126. The van der Waals surface area contributed by atoms with E-state index >= 15 is 0 Å². The predicted octanol–water partition coefficient (Wildman–Crippen LogP) is 3.76. The summed E-state index contributed by atoms with van der Waals surface area (Å²) in [7, 11) is 0. The van der Waals surface area contributed by atoms with E-state index < -0.39 is 23.7 Å². The van der Waals surface area contributed by atoms with Gasteiger partial charge in [-0.15, -0.1) is 0 Å². The second-order valence-corrected chi connectivity index (χ2v) is 6.45. The summed E-state index contributed by atoms with van der Waals surface area (Å²) in [5.41, 5.74) is 1.01. The Bertz CT molecular complexity index is 838. The van der Waals surface area contributed by atoms with E-state index in [4.69, 9.17) is 12.2 Å². The highest BCUT2D eigenvalue weighted by Crippen LogP contribution is 2.40. The zero-order chi connectivity index (χ0) is 17.8. The molecule has 1 atom stereocenters. The average molecular weight is 362 g/mol. The highest BCUT2D eigenvalue weighted by atomic mass is 32.1. The van der Waals surface area contributed by atoms with Crippen LogP contribution in [-0.2, 0) is 23.9 Å². The van der Waals surface area contributed by atoms with Gasteiger partial charge in [0.25, 0.3) is 5.91 Å². The fraction of sp³-hybridized carbons (Fsp3) is 0.222. The highest BCUT2D eigenvalue weighted by molar-refractivity contribution is 7.80. The number of thiocarbonyl (C=S) groups is 1. The molecule has 0 N–H and O–H groups in total. The standard InChI is InChI=1S/C18H13F3N2OS/c19-18(20,21)13-7-3-4-8-14(13)23-16(24)15-9-11-5-1-2-6-12(11)10-22(15)17(23)25/h1-8,15H,9-10H2/t15-/m1/s1. The first-order chi connectivity index (χ1) is 11.9. The first-order valence-corrected chi connectivity index (χ1v) is 8.16. The van der Waals surface area contributed by atoms with Crippen molar-refractivity contribution in [3.63, 3.8) is 0 Å². The van der Waals surface area contributed by atoms with Crippen molar-refractivity contribution >= 4 is 28.9 Å². The highest BCUT2D eigenvalue weighted by Gasteiger charge is 2.47. The third-order valence-corrected chi connectivity index (χ3v) is 5.06. The smallest absolute Gasteiger partial charge is 0.332 e. The van der Waals surface area contributed by atoms with Crippen LogP contribution in [0.4, 0.5) is 18.9 Å². The lowest BCUT2D eigenvalue weighted by molar-refractivity contribution is -0.137. The molecule has 2 aliphatic rings. The molecular weight excluding hydrogens is 349 g/mol. The first-order valence-electron chi connectivity index (χ1n) is 7.75. The van der Waals surface area contributed by atoms with Gasteiger partial charge < -0.3 is 4.90 Å². The molecule has 2 aliphatic heterocycles. The summed E-state index contributed by atoms with van der Waals surface area (Å²) in [5, 5.41) is 0.126. The first kappa shape index (κ1) is 16.1. The number of benzene rings is 2. The molecule has 1 amide bonds. The normalized spacial score (nSPS) is 19.9. The molecule has 1 fully saturated rings. The Morgan fingerprint density at radius 3 is 2.36 bits per heavy atom. The molecule has 0 saturated carbocycles. The van der Waals surface area contributed by atoms with Crippen molar-refractivity contribution in [2.45, 2.75) is 25.2 Å². The predicted molar refractivity (Wildman–Crippen MR) is 91.0 cm³/mol. The van der Waals surface area contributed by atoms with Crippen LogP contribution in [0.3, 0.4) is 0 Å². The molecule has 0 aliphatic carbocycles. The molecule has 0 bridgehead atoms. The number of amides is 1. The van der Waals surface area contributed by atoms with Crippen molar-refractivity contribution in [3.8, 4) is 0 Å². The average Bonchev–Trinajstić information content (AvgIpc) is 2.83. The number of hydrogen-bond donors (Lipinski definition) is 0. The zero-order valence-electron chi connectivity index (χ0n) is 13.0. The molecule has 2 heterocycles. The molecule has 0 radical (unpaired) electrons. The van der Waals surface area contributed by atoms with Crippen LogP contribution in [0.5, 0.6) is 0 Å². The van der Waals surface area contributed by atoms with Crippen LogP contribution >= 0.6 is 12.2 Å². The van der Waals surface area contributed by atoms with E-state index in [2.05, 4.69) is 0 Å². The second-order valence-electron chi connectivity index (χ2n) is 6.09. The maximum absolute atomic E-state index is 13.3. The quantitative estimate of drug-likeness (QED) is 0.722. The topological polar surface area (TPSA) is 23.6 Å². The molecule has 7 heteroatoms. The van der Waals surface area contributed by atoms with Crippen molar-refractivity contribution < 1.29 is 18.0 Å². The summed E-state index contributed by atoms with van der Waals surface area (Å²) in [5.74, 6) is -0.406. The lowest BCUT2D eigenvalue weighted by atomic mass is 9.95. The Morgan fingerprint density at radius 2 is 1.64 bits per heavy atom. The van der Waals surface area contributed by atoms with Crippen molar-refractivity contribution in [2.24, 2.45) is 0 Å². The Hall–Kier alpha value is -2.41. The van der Waals surface area contributed by atoms with Gasteiger partial charge in [-0.2, -0.15) is 13.2 Å². The number of hydrogen-bond acceptors (Lipinski definition) is 2. The zero-order valence-corrected chi connectivity index (χ0v) is 13.8. The summed E-state index contributed by atoms with van der Waals surface area (Å²) in [6, 6.07) is 12.2. The lowest BCUT2D eigenvalue weighted by Gasteiger charge is -2.30. The van der Waals surface area contributed by atoms with Gasteiger partial charge in [0.05, 0.1) is 11.3 Å². The van der Waals surface area contributed by atoms with Gasteiger partial charge in [0.15, 0.2) is 5.11 Å². The molecule has 0 unspecified atom stereocenters. The van der Waals surface area contributed by atoms with E-state index in [1.165, 1.54) is 18.2 Å². The number of anilines is 1. The minimum atomic E-state index is -4.56. The van der Waals surface area contributed by atoms with Crippen LogP contribution < -0.4 is 4.90 Å². The monoisotopic (exact) mass is 362 g/mol. The summed E-state index contributed by atoms with van der Waals surface area (Å²) in [6.45, 7) is 0.427. The largest absolute Gasteiger partial charge is 0.418 e. The molecule has 0 spiro atoms. The van der Waals surface area contributed by atoms with E-state index in [9.17, 15) is 18.0 Å². The molecule has 4 rings (SSSR count). The number of para-hydroxylation sites is 1. The van der Waals surface area contributed by atoms with Gasteiger partial charge in [-0.05, 0) is 35.5 Å². The Kier molecular flexibility index (Phi) is 3.57. The fourth-order valence-electron chi connectivity index (χ4n) is 3.45. The number of nitrogens with zero attached hydrogens (tertiary/aromatic N) is 2. The van der Waals surface area contributed by atoms with Gasteiger partial charge >= 0.3 is 6.18 Å². The lowest BCUT2D eigenvalue weighted by Crippen LogP contribution is -2.39. The van der Waals surface area contributed by atoms with Gasteiger partial charge in [0.2, 0.25) is 0 Å². The summed E-state index contributed by atoms with van der Waals surface area (Å²) in [4.78, 5) is 15.6. The second kappa shape index (κ2) is 5.56. The van der Waals surface area contributed by atoms with Gasteiger partial charge in [0.1, 0.15) is 6.04 Å². The van der Waals surface area contributed by atoms with Crippen LogP contribution in [0, 0.1) is 0 Å². The van der Waals surface area contributed by atoms with E-state index in [0.717, 1.165) is 22.1 Å². The minimum Gasteiger partial charge on any atom is -0.332 e. The number of rotatable bonds is 1. The molecule has 128 valence electrons. The van der Waals surface area contributed by atoms with E-state index in [1.54, 1.807) is 4.90 Å². The van der Waals surface area contributed by atoms with Gasteiger partial charge in [-0.25, -0.2) is 0 Å². The SMILES string of the molecule is O=C1[C@H]2Cc3ccccc3CN2C(=S)N1c1ccccc1C(F)(F)F. The Morgan fingerprint density at radius 1 is 1.00 bits per heavy atom. The van der Waals surface area contributed by atoms with Crippen LogP contribution in [0.25, 0.3) is 0 Å². The third-order valence-electron chi connectivity index (χ3n) is 4.64. The van der Waals surface area contributed by atoms with Crippen molar-refractivity contribution in [1.82, 2.24) is 4.90 Å². The number of halogens is 3. The van der Waals surface area contributed by atoms with E-state index in [-0.39, 0.29) is 10.8 Å². The van der Waals surface area contributed by atoms with Crippen molar-refractivity contribution in [1.29, 1.82) is 0 Å². The molecule has 2 aromatic rings. The van der Waals surface area contributed by atoms with Crippen LogP contribution in [-0.4, -0.2) is 22.0 Å². The van der Waals surface area contributed by atoms with Gasteiger partial charge in [0, 0.05) is 13.0 Å². The molecular formula is C18H13F3N2OS. The molecule has 0 aromatic heterocycles. The van der Waals surface area contributed by atoms with E-state index in [0.29, 0.717) is 13.0 Å². The number of fused-ring (bicyclic) bond motifs is 2. The summed E-state index contributed by atoms with van der Waals surface area (Å²) < 4.78 is 40.0. The van der Waals surface area contributed by atoms with E-state index in [1.807, 2.05) is 24.3 Å². The van der Waals surface area contributed by atoms with Gasteiger partial charge in [-0.1, -0.05) is 36.4 Å². The van der Waals surface area contributed by atoms with Gasteiger partial charge in [-0.3, -0.25) is 9.69 Å². The maximum Gasteiger partial charge on any atom is 0.418 e. The number of alkyl halides is 3. The molecule has 2 aromatic carbocycles. The van der Waals surface area contributed by atoms with Crippen LogP contribution in [0.15, 0.2) is 48.5 Å². The van der Waals surface area contributed by atoms with Crippen molar-refractivity contribution in [2.75, 3.05) is 4.90 Å². The molecule has 25 heavy (non-hydrogen) atoms. The van der Waals surface area contributed by atoms with Crippen molar-refractivity contribution in [3.05, 3.63) is 65.2 Å². The Balaban J connectivity index is 1.76. The third kappa shape index (κ3) is 2.50. The Labute approximate surface area is 147 Å². The number of carbonyl (C=O) groups is 1. The molecule has 1 saturated heterocycles. The summed E-state index contributed by atoms with van der Waals surface area (Å²) >= 11 is 5.37.